The molecule has 0 bridgehead atoms. The molecule has 0 radical (unpaired) electrons. The molecule has 0 fully saturated rings. The van der Waals surface area contributed by atoms with E-state index in [1.54, 1.807) is 0 Å². The molecule has 364 valence electrons. The lowest BCUT2D eigenvalue weighted by atomic mass is 10.1. The van der Waals surface area contributed by atoms with Crippen molar-refractivity contribution in [3.8, 4) is 0 Å². The highest BCUT2D eigenvalue weighted by Gasteiger charge is 2.19. The van der Waals surface area contributed by atoms with Gasteiger partial charge in [-0.2, -0.15) is 0 Å². The Kier molecular flexibility index (Phi) is 49.4. The van der Waals surface area contributed by atoms with Crippen molar-refractivity contribution in [1.29, 1.82) is 0 Å². The normalized spacial score (nSPS) is 12.5. The number of allylic oxidation sites excluding steroid dienone is 10. The summed E-state index contributed by atoms with van der Waals surface area (Å²) in [6.07, 6.45) is 63.5. The average Bonchev–Trinajstić information content (AvgIpc) is 3.28. The first kappa shape index (κ1) is 60.1. The molecular weight excluding hydrogens is 781 g/mol. The number of rotatable bonds is 48. The van der Waals surface area contributed by atoms with Gasteiger partial charge >= 0.3 is 17.9 Å². The Morgan fingerprint density at radius 1 is 0.317 bits per heavy atom. The van der Waals surface area contributed by atoms with Gasteiger partial charge in [-0.1, -0.05) is 216 Å². The number of carbonyl (C=O) groups excluding carboxylic acids is 3. The van der Waals surface area contributed by atoms with Gasteiger partial charge < -0.3 is 14.2 Å². The highest BCUT2D eigenvalue weighted by atomic mass is 16.6. The molecule has 0 amide bonds. The van der Waals surface area contributed by atoms with Crippen LogP contribution >= 0.6 is 0 Å². The van der Waals surface area contributed by atoms with Gasteiger partial charge in [0.2, 0.25) is 0 Å². The minimum Gasteiger partial charge on any atom is -0.462 e. The van der Waals surface area contributed by atoms with E-state index in [2.05, 4.69) is 81.5 Å². The second-order valence-corrected chi connectivity index (χ2v) is 17.8. The molecule has 0 N–H and O–H groups in total. The van der Waals surface area contributed by atoms with Crippen LogP contribution in [0.1, 0.15) is 265 Å². The third-order valence-electron chi connectivity index (χ3n) is 11.5. The lowest BCUT2D eigenvalue weighted by Crippen LogP contribution is -2.30. The van der Waals surface area contributed by atoms with Gasteiger partial charge in [0.15, 0.2) is 6.10 Å². The SMILES string of the molecule is CCCC/C=C\C=C/CCCCCC(=O)OCC(COC(=O)CCCCCCCCC/C=C\CCCCCCCCCC)OC(=O)CCCCCCCC/C=C\C=C/CCCCC. The Morgan fingerprint density at radius 2 is 0.587 bits per heavy atom. The van der Waals surface area contributed by atoms with Gasteiger partial charge in [-0.05, 0) is 89.9 Å². The van der Waals surface area contributed by atoms with E-state index in [4.69, 9.17) is 14.2 Å². The fourth-order valence-electron chi connectivity index (χ4n) is 7.40. The topological polar surface area (TPSA) is 78.9 Å². The summed E-state index contributed by atoms with van der Waals surface area (Å²) in [6.45, 7) is 6.53. The first-order valence-corrected chi connectivity index (χ1v) is 26.8. The first-order valence-electron chi connectivity index (χ1n) is 26.8. The Balaban J connectivity index is 4.37. The van der Waals surface area contributed by atoms with Crippen LogP contribution in [0.4, 0.5) is 0 Å². The van der Waals surface area contributed by atoms with Gasteiger partial charge in [-0.15, -0.1) is 0 Å². The summed E-state index contributed by atoms with van der Waals surface area (Å²) in [5, 5.41) is 0. The molecule has 0 aromatic heterocycles. The molecule has 0 aliphatic carbocycles. The molecule has 0 saturated heterocycles. The third-order valence-corrected chi connectivity index (χ3v) is 11.5. The zero-order valence-electron chi connectivity index (χ0n) is 41.6. The number of hydrogen-bond acceptors (Lipinski definition) is 6. The highest BCUT2D eigenvalue weighted by Crippen LogP contribution is 2.14. The molecule has 6 heteroatoms. The zero-order valence-corrected chi connectivity index (χ0v) is 41.6. The summed E-state index contributed by atoms with van der Waals surface area (Å²) in [4.78, 5) is 38.0. The van der Waals surface area contributed by atoms with Gasteiger partial charge in [0, 0.05) is 19.3 Å². The Morgan fingerprint density at radius 3 is 0.984 bits per heavy atom. The van der Waals surface area contributed by atoms with E-state index in [9.17, 15) is 14.4 Å². The summed E-state index contributed by atoms with van der Waals surface area (Å²) in [5.41, 5.74) is 0. The van der Waals surface area contributed by atoms with Crippen LogP contribution in [0.5, 0.6) is 0 Å². The van der Waals surface area contributed by atoms with Gasteiger partial charge in [0.25, 0.3) is 0 Å². The second-order valence-electron chi connectivity index (χ2n) is 17.8. The maximum Gasteiger partial charge on any atom is 0.306 e. The largest absolute Gasteiger partial charge is 0.462 e. The summed E-state index contributed by atoms with van der Waals surface area (Å²) in [5.74, 6) is -0.930. The lowest BCUT2D eigenvalue weighted by molar-refractivity contribution is -0.167. The first-order chi connectivity index (χ1) is 31.0. The van der Waals surface area contributed by atoms with Crippen LogP contribution in [0.25, 0.3) is 0 Å². The number of unbranched alkanes of at least 4 members (excludes halogenated alkanes) is 29. The predicted octanol–water partition coefficient (Wildman–Crippen LogP) is 17.6. The molecule has 0 aliphatic heterocycles. The molecule has 6 nitrogen and oxygen atoms in total. The van der Waals surface area contributed by atoms with Crippen molar-refractivity contribution in [3.05, 3.63) is 60.8 Å². The summed E-state index contributed by atoms with van der Waals surface area (Å²) < 4.78 is 16.8. The van der Waals surface area contributed by atoms with Crippen molar-refractivity contribution in [1.82, 2.24) is 0 Å². The van der Waals surface area contributed by atoms with Crippen molar-refractivity contribution in [2.45, 2.75) is 271 Å². The standard InChI is InChI=1S/C57H100O6/c1-4-7-10-13-16-19-22-24-26-27-28-29-31-32-35-38-41-44-47-50-56(59)62-53-54(52-61-55(58)49-46-43-40-37-34-21-18-15-12-9-6-3)63-57(60)51-48-45-42-39-36-33-30-25-23-20-17-14-11-8-5-2/h15,17-18,20-21,23,25,27-28,34,54H,4-14,16,19,22,24,26,29-33,35-53H2,1-3H3/b18-15-,20-17-,25-23-,28-27-,34-21-. The quantitative estimate of drug-likeness (QED) is 0.0199. The highest BCUT2D eigenvalue weighted by molar-refractivity contribution is 5.71. The van der Waals surface area contributed by atoms with E-state index in [1.807, 2.05) is 0 Å². The molecule has 0 aliphatic rings. The van der Waals surface area contributed by atoms with Gasteiger partial charge in [-0.25, -0.2) is 0 Å². The summed E-state index contributed by atoms with van der Waals surface area (Å²) in [7, 11) is 0. The van der Waals surface area contributed by atoms with Crippen LogP contribution in [0.3, 0.4) is 0 Å². The molecular formula is C57H100O6. The monoisotopic (exact) mass is 881 g/mol. The van der Waals surface area contributed by atoms with Crippen molar-refractivity contribution in [3.63, 3.8) is 0 Å². The van der Waals surface area contributed by atoms with E-state index < -0.39 is 6.10 Å². The van der Waals surface area contributed by atoms with Crippen molar-refractivity contribution in [2.24, 2.45) is 0 Å². The third kappa shape index (κ3) is 50.0. The molecule has 0 aromatic rings. The van der Waals surface area contributed by atoms with E-state index in [1.165, 1.54) is 141 Å². The van der Waals surface area contributed by atoms with E-state index >= 15 is 0 Å². The minimum absolute atomic E-state index is 0.0895. The van der Waals surface area contributed by atoms with Gasteiger partial charge in [-0.3, -0.25) is 14.4 Å². The van der Waals surface area contributed by atoms with Crippen molar-refractivity contribution < 1.29 is 28.6 Å². The maximum absolute atomic E-state index is 12.8. The fraction of sp³-hybridized carbons (Fsp3) is 0.772. The minimum atomic E-state index is -0.792. The van der Waals surface area contributed by atoms with Crippen LogP contribution in [0.2, 0.25) is 0 Å². The Labute approximate surface area is 390 Å². The lowest BCUT2D eigenvalue weighted by Gasteiger charge is -2.18. The van der Waals surface area contributed by atoms with Crippen molar-refractivity contribution >= 4 is 17.9 Å². The molecule has 63 heavy (non-hydrogen) atoms. The number of carbonyl (C=O) groups is 3. The smallest absolute Gasteiger partial charge is 0.306 e. The van der Waals surface area contributed by atoms with Crippen molar-refractivity contribution in [2.75, 3.05) is 13.2 Å². The Bertz CT molecular complexity index is 1150. The molecule has 0 rings (SSSR count). The molecule has 1 atom stereocenters. The van der Waals surface area contributed by atoms with Crippen LogP contribution in [-0.2, 0) is 28.6 Å². The van der Waals surface area contributed by atoms with Crippen LogP contribution in [0.15, 0.2) is 60.8 Å². The number of hydrogen-bond donors (Lipinski definition) is 0. The molecule has 0 heterocycles. The van der Waals surface area contributed by atoms with Crippen LogP contribution in [0, 0.1) is 0 Å². The van der Waals surface area contributed by atoms with Crippen LogP contribution in [-0.4, -0.2) is 37.2 Å². The average molecular weight is 881 g/mol. The fourth-order valence-corrected chi connectivity index (χ4v) is 7.40. The molecule has 0 spiro atoms. The second kappa shape index (κ2) is 51.7. The summed E-state index contributed by atoms with van der Waals surface area (Å²) in [6, 6.07) is 0. The molecule has 0 saturated carbocycles. The molecule has 1 unspecified atom stereocenters. The van der Waals surface area contributed by atoms with E-state index in [0.717, 1.165) is 83.5 Å². The van der Waals surface area contributed by atoms with E-state index in [-0.39, 0.29) is 31.1 Å². The maximum atomic E-state index is 12.8. The van der Waals surface area contributed by atoms with Gasteiger partial charge in [0.1, 0.15) is 13.2 Å². The molecule has 0 aromatic carbocycles. The number of esters is 3. The Hall–Kier alpha value is -2.89. The predicted molar refractivity (Wildman–Crippen MR) is 270 cm³/mol. The van der Waals surface area contributed by atoms with Gasteiger partial charge in [0.05, 0.1) is 0 Å². The number of ether oxygens (including phenoxy) is 3. The zero-order chi connectivity index (χ0) is 45.8. The van der Waals surface area contributed by atoms with Crippen LogP contribution < -0.4 is 0 Å². The summed E-state index contributed by atoms with van der Waals surface area (Å²) >= 11 is 0. The van der Waals surface area contributed by atoms with E-state index in [0.29, 0.717) is 19.3 Å².